The SMILES string of the molecule is CC(NC(=O)Nc1cccc(Br)c1)C1CC1. The van der Waals surface area contributed by atoms with Crippen LogP contribution in [0.3, 0.4) is 0 Å². The summed E-state index contributed by atoms with van der Waals surface area (Å²) in [7, 11) is 0. The first-order valence-corrected chi connectivity index (χ1v) is 6.27. The average molecular weight is 283 g/mol. The van der Waals surface area contributed by atoms with Gasteiger partial charge in [0.15, 0.2) is 0 Å². The lowest BCUT2D eigenvalue weighted by Gasteiger charge is -2.13. The van der Waals surface area contributed by atoms with Crippen molar-refractivity contribution in [2.45, 2.75) is 25.8 Å². The Hall–Kier alpha value is -1.03. The highest BCUT2D eigenvalue weighted by Gasteiger charge is 2.28. The van der Waals surface area contributed by atoms with Crippen LogP contribution in [0.1, 0.15) is 19.8 Å². The Morgan fingerprint density at radius 2 is 2.25 bits per heavy atom. The number of amides is 2. The van der Waals surface area contributed by atoms with Crippen molar-refractivity contribution in [1.82, 2.24) is 5.32 Å². The van der Waals surface area contributed by atoms with Crippen molar-refractivity contribution in [3.05, 3.63) is 28.7 Å². The number of anilines is 1. The van der Waals surface area contributed by atoms with Gasteiger partial charge in [-0.2, -0.15) is 0 Å². The maximum atomic E-state index is 11.6. The quantitative estimate of drug-likeness (QED) is 0.877. The number of carbonyl (C=O) groups excluding carboxylic acids is 1. The molecular formula is C12H15BrN2O. The van der Waals surface area contributed by atoms with Crippen LogP contribution in [0.25, 0.3) is 0 Å². The van der Waals surface area contributed by atoms with E-state index < -0.39 is 0 Å². The summed E-state index contributed by atoms with van der Waals surface area (Å²) in [6.45, 7) is 2.05. The molecule has 86 valence electrons. The Labute approximate surface area is 104 Å². The number of halogens is 1. The molecule has 0 aliphatic heterocycles. The second-order valence-corrected chi connectivity index (χ2v) is 5.15. The maximum absolute atomic E-state index is 11.6. The molecule has 16 heavy (non-hydrogen) atoms. The van der Waals surface area contributed by atoms with Gasteiger partial charge in [0.05, 0.1) is 0 Å². The molecule has 2 rings (SSSR count). The van der Waals surface area contributed by atoms with E-state index >= 15 is 0 Å². The van der Waals surface area contributed by atoms with Crippen LogP contribution in [0.15, 0.2) is 28.7 Å². The van der Waals surface area contributed by atoms with Crippen molar-refractivity contribution < 1.29 is 4.79 Å². The van der Waals surface area contributed by atoms with Crippen molar-refractivity contribution in [3.63, 3.8) is 0 Å². The van der Waals surface area contributed by atoms with Crippen LogP contribution >= 0.6 is 15.9 Å². The summed E-state index contributed by atoms with van der Waals surface area (Å²) < 4.78 is 0.959. The Morgan fingerprint density at radius 1 is 1.50 bits per heavy atom. The van der Waals surface area contributed by atoms with E-state index in [0.717, 1.165) is 10.2 Å². The molecule has 1 atom stereocenters. The molecule has 0 spiro atoms. The lowest BCUT2D eigenvalue weighted by molar-refractivity contribution is 0.248. The molecule has 1 unspecified atom stereocenters. The third-order valence-electron chi connectivity index (χ3n) is 2.77. The van der Waals surface area contributed by atoms with E-state index in [0.29, 0.717) is 5.92 Å². The van der Waals surface area contributed by atoms with Gasteiger partial charge in [0.25, 0.3) is 0 Å². The van der Waals surface area contributed by atoms with Crippen molar-refractivity contribution in [2.24, 2.45) is 5.92 Å². The van der Waals surface area contributed by atoms with Crippen LogP contribution in [0.2, 0.25) is 0 Å². The summed E-state index contributed by atoms with van der Waals surface area (Å²) in [6.07, 6.45) is 2.47. The molecule has 1 aromatic rings. The van der Waals surface area contributed by atoms with Gasteiger partial charge in [-0.1, -0.05) is 22.0 Å². The van der Waals surface area contributed by atoms with Crippen LogP contribution in [-0.2, 0) is 0 Å². The second kappa shape index (κ2) is 4.87. The fraction of sp³-hybridized carbons (Fsp3) is 0.417. The number of benzene rings is 1. The van der Waals surface area contributed by atoms with Crippen LogP contribution in [-0.4, -0.2) is 12.1 Å². The highest BCUT2D eigenvalue weighted by molar-refractivity contribution is 9.10. The monoisotopic (exact) mass is 282 g/mol. The largest absolute Gasteiger partial charge is 0.335 e. The van der Waals surface area contributed by atoms with Gasteiger partial charge in [-0.05, 0) is 43.9 Å². The van der Waals surface area contributed by atoms with Gasteiger partial charge in [0.2, 0.25) is 0 Å². The van der Waals surface area contributed by atoms with E-state index in [-0.39, 0.29) is 12.1 Å². The second-order valence-electron chi connectivity index (χ2n) is 4.23. The molecule has 0 heterocycles. The molecule has 0 aromatic heterocycles. The van der Waals surface area contributed by atoms with Gasteiger partial charge < -0.3 is 10.6 Å². The molecule has 1 fully saturated rings. The third-order valence-corrected chi connectivity index (χ3v) is 3.26. The minimum absolute atomic E-state index is 0.127. The van der Waals surface area contributed by atoms with Crippen LogP contribution in [0.5, 0.6) is 0 Å². The van der Waals surface area contributed by atoms with Crippen molar-refractivity contribution in [3.8, 4) is 0 Å². The van der Waals surface area contributed by atoms with E-state index in [2.05, 4.69) is 33.5 Å². The molecule has 1 aliphatic rings. The summed E-state index contributed by atoms with van der Waals surface area (Å²) in [6, 6.07) is 7.71. The minimum atomic E-state index is -0.127. The van der Waals surface area contributed by atoms with Crippen molar-refractivity contribution in [1.29, 1.82) is 0 Å². The molecular weight excluding hydrogens is 268 g/mol. The zero-order valence-electron chi connectivity index (χ0n) is 9.16. The molecule has 0 saturated heterocycles. The smallest absolute Gasteiger partial charge is 0.319 e. The van der Waals surface area contributed by atoms with Crippen LogP contribution in [0.4, 0.5) is 10.5 Å². The van der Waals surface area contributed by atoms with Crippen LogP contribution < -0.4 is 10.6 Å². The number of hydrogen-bond donors (Lipinski definition) is 2. The Morgan fingerprint density at radius 3 is 2.88 bits per heavy atom. The van der Waals surface area contributed by atoms with Gasteiger partial charge >= 0.3 is 6.03 Å². The summed E-state index contributed by atoms with van der Waals surface area (Å²) in [5.41, 5.74) is 0.801. The molecule has 0 bridgehead atoms. The predicted molar refractivity (Wildman–Crippen MR) is 68.5 cm³/mol. The molecule has 4 heteroatoms. The first kappa shape index (κ1) is 11.5. The number of rotatable bonds is 3. The Bertz CT molecular complexity index is 390. The number of hydrogen-bond acceptors (Lipinski definition) is 1. The number of carbonyl (C=O) groups is 1. The van der Waals surface area contributed by atoms with Gasteiger partial charge in [-0.15, -0.1) is 0 Å². The van der Waals surface area contributed by atoms with E-state index in [1.807, 2.05) is 24.3 Å². The van der Waals surface area contributed by atoms with Crippen molar-refractivity contribution >= 4 is 27.6 Å². The summed E-state index contributed by atoms with van der Waals surface area (Å²) in [5, 5.41) is 5.76. The summed E-state index contributed by atoms with van der Waals surface area (Å²) >= 11 is 3.36. The zero-order valence-corrected chi connectivity index (χ0v) is 10.8. The van der Waals surface area contributed by atoms with E-state index in [1.165, 1.54) is 12.8 Å². The number of urea groups is 1. The molecule has 1 aliphatic carbocycles. The molecule has 0 radical (unpaired) electrons. The molecule has 2 N–H and O–H groups in total. The van der Waals surface area contributed by atoms with Gasteiger partial charge in [0.1, 0.15) is 0 Å². The van der Waals surface area contributed by atoms with E-state index in [1.54, 1.807) is 0 Å². The van der Waals surface area contributed by atoms with Crippen LogP contribution in [0, 0.1) is 5.92 Å². The summed E-state index contributed by atoms with van der Waals surface area (Å²) in [5.74, 6) is 0.674. The normalized spacial score (nSPS) is 16.6. The highest BCUT2D eigenvalue weighted by Crippen LogP contribution is 2.32. The van der Waals surface area contributed by atoms with Gasteiger partial charge in [-0.25, -0.2) is 4.79 Å². The first-order valence-electron chi connectivity index (χ1n) is 5.48. The highest BCUT2D eigenvalue weighted by atomic mass is 79.9. The predicted octanol–water partition coefficient (Wildman–Crippen LogP) is 3.37. The standard InChI is InChI=1S/C12H15BrN2O/c1-8(9-5-6-9)14-12(16)15-11-4-2-3-10(13)7-11/h2-4,7-9H,5-6H2,1H3,(H2,14,15,16). The minimum Gasteiger partial charge on any atom is -0.335 e. The maximum Gasteiger partial charge on any atom is 0.319 e. The Balaban J connectivity index is 1.86. The molecule has 3 nitrogen and oxygen atoms in total. The zero-order chi connectivity index (χ0) is 11.5. The van der Waals surface area contributed by atoms with Gasteiger partial charge in [-0.3, -0.25) is 0 Å². The topological polar surface area (TPSA) is 41.1 Å². The molecule has 1 aromatic carbocycles. The van der Waals surface area contributed by atoms with E-state index in [9.17, 15) is 4.79 Å². The van der Waals surface area contributed by atoms with Crippen molar-refractivity contribution in [2.75, 3.05) is 5.32 Å². The van der Waals surface area contributed by atoms with E-state index in [4.69, 9.17) is 0 Å². The lowest BCUT2D eigenvalue weighted by atomic mass is 10.2. The third kappa shape index (κ3) is 3.23. The first-order chi connectivity index (χ1) is 7.65. The fourth-order valence-electron chi connectivity index (χ4n) is 1.65. The van der Waals surface area contributed by atoms with Gasteiger partial charge in [0, 0.05) is 16.2 Å². The molecule has 2 amide bonds. The lowest BCUT2D eigenvalue weighted by Crippen LogP contribution is -2.37. The summed E-state index contributed by atoms with van der Waals surface area (Å²) in [4.78, 5) is 11.6. The number of nitrogens with one attached hydrogen (secondary N) is 2. The molecule has 1 saturated carbocycles. The fourth-order valence-corrected chi connectivity index (χ4v) is 2.05. The Kier molecular flexibility index (Phi) is 3.49. The average Bonchev–Trinajstić information content (AvgIpc) is 2.99.